The molecular weight excluding hydrogens is 303 g/mol. The maximum Gasteiger partial charge on any atom is 0.192 e. The molecule has 0 aliphatic rings. The van der Waals surface area contributed by atoms with Crippen LogP contribution in [0.5, 0.6) is 5.75 Å². The summed E-state index contributed by atoms with van der Waals surface area (Å²) in [5, 5.41) is 17.5. The van der Waals surface area contributed by atoms with Crippen LogP contribution in [0.2, 0.25) is 0 Å². The third kappa shape index (κ3) is 4.09. The maximum atomic E-state index is 12.9. The van der Waals surface area contributed by atoms with Crippen molar-refractivity contribution in [3.8, 4) is 11.8 Å². The molecule has 1 atom stereocenters. The number of hydrogen-bond acceptors (Lipinski definition) is 5. The highest BCUT2D eigenvalue weighted by Gasteiger charge is 2.15. The van der Waals surface area contributed by atoms with Crippen molar-refractivity contribution in [2.75, 3.05) is 0 Å². The molecule has 0 N–H and O–H groups in total. The standard InChI is InChI=1S/C15H15FN4OS/c1-3-8-20-14(18-19-15(20)22-11(2)9-17)10-21-13-6-4-12(16)5-7-13/h3-7,11H,1,8,10H2,2H3/t11-/m0/s1. The Balaban J connectivity index is 2.11. The molecule has 2 aromatic rings. The summed E-state index contributed by atoms with van der Waals surface area (Å²) in [5.74, 6) is 0.859. The lowest BCUT2D eigenvalue weighted by atomic mass is 10.3. The lowest BCUT2D eigenvalue weighted by Crippen LogP contribution is -2.08. The fourth-order valence-electron chi connectivity index (χ4n) is 1.69. The average molecular weight is 318 g/mol. The van der Waals surface area contributed by atoms with Gasteiger partial charge >= 0.3 is 0 Å². The number of nitrogens with zero attached hydrogens (tertiary/aromatic N) is 4. The van der Waals surface area contributed by atoms with Gasteiger partial charge in [0.2, 0.25) is 0 Å². The highest BCUT2D eigenvalue weighted by Crippen LogP contribution is 2.22. The number of halogens is 1. The number of rotatable bonds is 7. The minimum Gasteiger partial charge on any atom is -0.486 e. The zero-order valence-corrected chi connectivity index (χ0v) is 12.9. The van der Waals surface area contributed by atoms with Crippen LogP contribution in [0.4, 0.5) is 4.39 Å². The molecule has 1 aromatic carbocycles. The van der Waals surface area contributed by atoms with Crippen molar-refractivity contribution in [3.63, 3.8) is 0 Å². The summed E-state index contributed by atoms with van der Waals surface area (Å²) >= 11 is 1.33. The first-order valence-electron chi connectivity index (χ1n) is 6.61. The third-order valence-electron chi connectivity index (χ3n) is 2.75. The predicted molar refractivity (Wildman–Crippen MR) is 81.9 cm³/mol. The molecule has 0 amide bonds. The Kier molecular flexibility index (Phi) is 5.55. The second-order valence-corrected chi connectivity index (χ2v) is 5.74. The molecule has 22 heavy (non-hydrogen) atoms. The van der Waals surface area contributed by atoms with Crippen molar-refractivity contribution in [1.29, 1.82) is 5.26 Å². The van der Waals surface area contributed by atoms with Gasteiger partial charge < -0.3 is 4.74 Å². The molecule has 0 fully saturated rings. The van der Waals surface area contributed by atoms with E-state index in [9.17, 15) is 4.39 Å². The zero-order chi connectivity index (χ0) is 15.9. The summed E-state index contributed by atoms with van der Waals surface area (Å²) in [6.45, 7) is 6.24. The molecule has 0 saturated carbocycles. The summed E-state index contributed by atoms with van der Waals surface area (Å²) < 4.78 is 20.3. The van der Waals surface area contributed by atoms with E-state index in [1.54, 1.807) is 25.1 Å². The monoisotopic (exact) mass is 318 g/mol. The van der Waals surface area contributed by atoms with Crippen molar-refractivity contribution < 1.29 is 9.13 Å². The van der Waals surface area contributed by atoms with Crippen LogP contribution in [0.3, 0.4) is 0 Å². The summed E-state index contributed by atoms with van der Waals surface area (Å²) in [5.41, 5.74) is 0. The van der Waals surface area contributed by atoms with Gasteiger partial charge in [-0.25, -0.2) is 4.39 Å². The fraction of sp³-hybridized carbons (Fsp3) is 0.267. The number of allylic oxidation sites excluding steroid dienone is 1. The van der Waals surface area contributed by atoms with Gasteiger partial charge in [-0.1, -0.05) is 17.8 Å². The smallest absolute Gasteiger partial charge is 0.192 e. The molecule has 0 saturated heterocycles. The molecule has 5 nitrogen and oxygen atoms in total. The quantitative estimate of drug-likeness (QED) is 0.579. The molecule has 1 heterocycles. The fourth-order valence-corrected chi connectivity index (χ4v) is 2.45. The van der Waals surface area contributed by atoms with Crippen molar-refractivity contribution in [2.45, 2.75) is 30.5 Å². The molecule has 0 aliphatic carbocycles. The molecule has 0 radical (unpaired) electrons. The normalized spacial score (nSPS) is 11.7. The number of thioether (sulfide) groups is 1. The van der Waals surface area contributed by atoms with Gasteiger partial charge in [0.15, 0.2) is 11.0 Å². The van der Waals surface area contributed by atoms with E-state index in [1.165, 1.54) is 23.9 Å². The molecule has 0 bridgehead atoms. The van der Waals surface area contributed by atoms with E-state index in [4.69, 9.17) is 10.00 Å². The molecule has 0 spiro atoms. The molecule has 7 heteroatoms. The van der Waals surface area contributed by atoms with Crippen molar-refractivity contribution in [3.05, 3.63) is 48.6 Å². The SMILES string of the molecule is C=CCn1c(COc2ccc(F)cc2)nnc1S[C@@H](C)C#N. The van der Waals surface area contributed by atoms with E-state index < -0.39 is 0 Å². The second kappa shape index (κ2) is 7.61. The average Bonchev–Trinajstić information content (AvgIpc) is 2.89. The lowest BCUT2D eigenvalue weighted by Gasteiger charge is -2.09. The topological polar surface area (TPSA) is 63.7 Å². The largest absolute Gasteiger partial charge is 0.486 e. The van der Waals surface area contributed by atoms with Gasteiger partial charge in [0.1, 0.15) is 18.2 Å². The second-order valence-electron chi connectivity index (χ2n) is 4.43. The zero-order valence-electron chi connectivity index (χ0n) is 12.1. The van der Waals surface area contributed by atoms with Crippen LogP contribution >= 0.6 is 11.8 Å². The lowest BCUT2D eigenvalue weighted by molar-refractivity contribution is 0.288. The summed E-state index contributed by atoms with van der Waals surface area (Å²) in [7, 11) is 0. The predicted octanol–water partition coefficient (Wildman–Crippen LogP) is 3.19. The van der Waals surface area contributed by atoms with Crippen molar-refractivity contribution in [2.24, 2.45) is 0 Å². The first-order chi connectivity index (χ1) is 10.6. The van der Waals surface area contributed by atoms with Gasteiger partial charge in [-0.3, -0.25) is 4.57 Å². The maximum absolute atomic E-state index is 12.9. The highest BCUT2D eigenvalue weighted by atomic mass is 32.2. The first-order valence-corrected chi connectivity index (χ1v) is 7.49. The Labute approximate surface area is 132 Å². The van der Waals surface area contributed by atoms with Gasteiger partial charge in [0, 0.05) is 6.54 Å². The Morgan fingerprint density at radius 1 is 1.45 bits per heavy atom. The van der Waals surface area contributed by atoms with Gasteiger partial charge in [0.05, 0.1) is 11.3 Å². The number of aromatic nitrogens is 3. The van der Waals surface area contributed by atoms with E-state index in [0.717, 1.165) is 0 Å². The van der Waals surface area contributed by atoms with Crippen molar-refractivity contribution >= 4 is 11.8 Å². The molecule has 0 unspecified atom stereocenters. The number of nitriles is 1. The molecule has 0 aliphatic heterocycles. The molecule has 2 rings (SSSR count). The van der Waals surface area contributed by atoms with Crippen LogP contribution in [-0.2, 0) is 13.2 Å². The van der Waals surface area contributed by atoms with Gasteiger partial charge in [0.25, 0.3) is 0 Å². The number of hydrogen-bond donors (Lipinski definition) is 0. The summed E-state index contributed by atoms with van der Waals surface area (Å²) in [6.07, 6.45) is 1.73. The number of benzene rings is 1. The van der Waals surface area contributed by atoms with Crippen LogP contribution in [0.1, 0.15) is 12.7 Å². The summed E-state index contributed by atoms with van der Waals surface area (Å²) in [4.78, 5) is 0. The van der Waals surface area contributed by atoms with Crippen LogP contribution < -0.4 is 4.74 Å². The number of ether oxygens (including phenoxy) is 1. The Morgan fingerprint density at radius 2 is 2.18 bits per heavy atom. The van der Waals surface area contributed by atoms with Crippen LogP contribution in [0.25, 0.3) is 0 Å². The van der Waals surface area contributed by atoms with E-state index >= 15 is 0 Å². The van der Waals surface area contributed by atoms with E-state index in [-0.39, 0.29) is 17.7 Å². The van der Waals surface area contributed by atoms with Crippen LogP contribution in [0, 0.1) is 17.1 Å². The minimum absolute atomic E-state index is 0.202. The molecule has 114 valence electrons. The van der Waals surface area contributed by atoms with Crippen LogP contribution in [0.15, 0.2) is 42.1 Å². The van der Waals surface area contributed by atoms with Crippen LogP contribution in [-0.4, -0.2) is 20.0 Å². The first kappa shape index (κ1) is 16.0. The minimum atomic E-state index is -0.314. The highest BCUT2D eigenvalue weighted by molar-refractivity contribution is 8.00. The Hall–Kier alpha value is -2.33. The van der Waals surface area contributed by atoms with Gasteiger partial charge in [-0.2, -0.15) is 5.26 Å². The third-order valence-corrected chi connectivity index (χ3v) is 3.72. The summed E-state index contributed by atoms with van der Waals surface area (Å²) in [6, 6.07) is 7.92. The molecule has 1 aromatic heterocycles. The molecular formula is C15H15FN4OS. The van der Waals surface area contributed by atoms with Crippen molar-refractivity contribution in [1.82, 2.24) is 14.8 Å². The van der Waals surface area contributed by atoms with E-state index in [1.807, 2.05) is 4.57 Å². The van der Waals surface area contributed by atoms with Gasteiger partial charge in [-0.05, 0) is 31.2 Å². The Bertz CT molecular complexity index is 678. The van der Waals surface area contributed by atoms with E-state index in [2.05, 4.69) is 22.8 Å². The van der Waals surface area contributed by atoms with Gasteiger partial charge in [-0.15, -0.1) is 16.8 Å². The Morgan fingerprint density at radius 3 is 2.82 bits per heavy atom. The van der Waals surface area contributed by atoms with E-state index in [0.29, 0.717) is 23.3 Å².